The monoisotopic (exact) mass is 335 g/mol. The van der Waals surface area contributed by atoms with E-state index in [1.165, 1.54) is 0 Å². The van der Waals surface area contributed by atoms with E-state index >= 15 is 0 Å². The van der Waals surface area contributed by atoms with Crippen LogP contribution in [0.15, 0.2) is 30.3 Å². The Labute approximate surface area is 144 Å². The van der Waals surface area contributed by atoms with Crippen LogP contribution in [0.3, 0.4) is 0 Å². The zero-order valence-corrected chi connectivity index (χ0v) is 14.3. The first-order chi connectivity index (χ1) is 11.7. The molecule has 0 aliphatic carbocycles. The number of unbranched alkanes of at least 4 members (excludes halogenated alkanes) is 1. The highest BCUT2D eigenvalue weighted by Crippen LogP contribution is 2.35. The maximum absolute atomic E-state index is 10.3. The minimum Gasteiger partial charge on any atom is -0.494 e. The summed E-state index contributed by atoms with van der Waals surface area (Å²) in [6.07, 6.45) is 2.89. The summed E-state index contributed by atoms with van der Waals surface area (Å²) >= 11 is 0. The Morgan fingerprint density at radius 1 is 1.12 bits per heavy atom. The van der Waals surface area contributed by atoms with Crippen LogP contribution in [0.1, 0.15) is 32.1 Å². The molecule has 2 aliphatic heterocycles. The van der Waals surface area contributed by atoms with Gasteiger partial charge in [-0.2, -0.15) is 0 Å². The molecule has 5 nitrogen and oxygen atoms in total. The van der Waals surface area contributed by atoms with E-state index in [4.69, 9.17) is 9.47 Å². The molecule has 0 radical (unpaired) electrons. The molecular formula is C19H29NO4. The molecule has 0 amide bonds. The molecule has 24 heavy (non-hydrogen) atoms. The number of hydrogen-bond acceptors (Lipinski definition) is 5. The fourth-order valence-corrected chi connectivity index (χ4v) is 3.72. The summed E-state index contributed by atoms with van der Waals surface area (Å²) < 4.78 is 11.6. The molecule has 2 N–H and O–H groups in total. The van der Waals surface area contributed by atoms with Crippen LogP contribution >= 0.6 is 0 Å². The molecule has 0 bridgehead atoms. The van der Waals surface area contributed by atoms with E-state index in [0.717, 1.165) is 57.7 Å². The van der Waals surface area contributed by atoms with E-state index in [2.05, 4.69) is 4.90 Å². The maximum atomic E-state index is 10.3. The van der Waals surface area contributed by atoms with Crippen molar-refractivity contribution in [2.24, 2.45) is 0 Å². The summed E-state index contributed by atoms with van der Waals surface area (Å²) in [6, 6.07) is 9.92. The highest BCUT2D eigenvalue weighted by atomic mass is 16.5. The Kier molecular flexibility index (Phi) is 6.11. The number of likely N-dealkylation sites (tertiary alicyclic amines) is 1. The second kappa shape index (κ2) is 8.30. The average Bonchev–Trinajstić information content (AvgIpc) is 2.62. The first-order valence-electron chi connectivity index (χ1n) is 9.10. The van der Waals surface area contributed by atoms with E-state index < -0.39 is 17.8 Å². The number of aliphatic hydroxyl groups is 2. The van der Waals surface area contributed by atoms with E-state index in [-0.39, 0.29) is 0 Å². The van der Waals surface area contributed by atoms with Crippen molar-refractivity contribution in [2.75, 3.05) is 32.8 Å². The van der Waals surface area contributed by atoms with Gasteiger partial charge in [0, 0.05) is 13.1 Å². The Balaban J connectivity index is 1.33. The number of nitrogens with zero attached hydrogens (tertiary/aromatic N) is 1. The second-order valence-corrected chi connectivity index (χ2v) is 6.92. The molecule has 0 saturated carbocycles. The molecule has 134 valence electrons. The summed E-state index contributed by atoms with van der Waals surface area (Å²) in [5.74, 6) is 0.930. The predicted octanol–water partition coefficient (Wildman–Crippen LogP) is 1.82. The van der Waals surface area contributed by atoms with Crippen molar-refractivity contribution in [1.82, 2.24) is 4.90 Å². The SMILES string of the molecule is O[C@H]1CCOC2(CCN(CCCCOc3ccccc3)CC2)[C@H]1O. The molecule has 1 aromatic rings. The van der Waals surface area contributed by atoms with E-state index in [1.807, 2.05) is 30.3 Å². The molecule has 2 atom stereocenters. The van der Waals surface area contributed by atoms with Crippen molar-refractivity contribution in [1.29, 1.82) is 0 Å². The summed E-state index contributed by atoms with van der Waals surface area (Å²) in [6.45, 7) is 4.18. The smallest absolute Gasteiger partial charge is 0.119 e. The standard InChI is InChI=1S/C19H29NO4/c21-17-8-15-24-19(18(17)22)9-12-20(13-10-19)11-4-5-14-23-16-6-2-1-3-7-16/h1-3,6-7,17-18,21-22H,4-5,8-15H2/t17-,18-/m0/s1. The zero-order chi connectivity index (χ0) is 16.8. The molecule has 2 aliphatic rings. The molecule has 0 aromatic heterocycles. The third-order valence-corrected chi connectivity index (χ3v) is 5.29. The normalized spacial score (nSPS) is 27.2. The number of para-hydroxylation sites is 1. The first-order valence-corrected chi connectivity index (χ1v) is 9.10. The van der Waals surface area contributed by atoms with Gasteiger partial charge < -0.3 is 24.6 Å². The van der Waals surface area contributed by atoms with Crippen molar-refractivity contribution < 1.29 is 19.7 Å². The van der Waals surface area contributed by atoms with Crippen molar-refractivity contribution in [2.45, 2.75) is 49.9 Å². The lowest BCUT2D eigenvalue weighted by Gasteiger charge is -2.48. The van der Waals surface area contributed by atoms with Gasteiger partial charge in [-0.25, -0.2) is 0 Å². The van der Waals surface area contributed by atoms with Crippen LogP contribution in [-0.4, -0.2) is 65.8 Å². The highest BCUT2D eigenvalue weighted by Gasteiger charge is 2.47. The number of benzene rings is 1. The lowest BCUT2D eigenvalue weighted by atomic mass is 9.80. The van der Waals surface area contributed by atoms with Gasteiger partial charge in [-0.15, -0.1) is 0 Å². The minimum atomic E-state index is -0.743. The molecule has 0 unspecified atom stereocenters. The Bertz CT molecular complexity index is 487. The van der Waals surface area contributed by atoms with E-state index in [1.54, 1.807) is 0 Å². The number of piperidine rings is 1. The van der Waals surface area contributed by atoms with E-state index in [0.29, 0.717) is 13.0 Å². The topological polar surface area (TPSA) is 62.2 Å². The minimum absolute atomic E-state index is 0.523. The van der Waals surface area contributed by atoms with Gasteiger partial charge in [0.25, 0.3) is 0 Å². The Morgan fingerprint density at radius 2 is 1.88 bits per heavy atom. The van der Waals surface area contributed by atoms with Gasteiger partial charge in [-0.3, -0.25) is 0 Å². The lowest BCUT2D eigenvalue weighted by Crippen LogP contribution is -2.59. The van der Waals surface area contributed by atoms with Gasteiger partial charge >= 0.3 is 0 Å². The van der Waals surface area contributed by atoms with Crippen LogP contribution < -0.4 is 4.74 Å². The predicted molar refractivity (Wildman–Crippen MR) is 92.2 cm³/mol. The van der Waals surface area contributed by atoms with Crippen LogP contribution in [0.25, 0.3) is 0 Å². The van der Waals surface area contributed by atoms with Crippen molar-refractivity contribution >= 4 is 0 Å². The van der Waals surface area contributed by atoms with Crippen LogP contribution in [0, 0.1) is 0 Å². The lowest BCUT2D eigenvalue weighted by molar-refractivity contribution is -0.214. The number of aliphatic hydroxyl groups excluding tert-OH is 2. The first kappa shape index (κ1) is 17.7. The average molecular weight is 335 g/mol. The third-order valence-electron chi connectivity index (χ3n) is 5.29. The summed E-state index contributed by atoms with van der Waals surface area (Å²) in [7, 11) is 0. The van der Waals surface area contributed by atoms with Crippen molar-refractivity contribution in [3.8, 4) is 5.75 Å². The Morgan fingerprint density at radius 3 is 2.62 bits per heavy atom. The fraction of sp³-hybridized carbons (Fsp3) is 0.684. The van der Waals surface area contributed by atoms with Gasteiger partial charge in [0.05, 0.1) is 24.9 Å². The van der Waals surface area contributed by atoms with Crippen LogP contribution in [0.4, 0.5) is 0 Å². The zero-order valence-electron chi connectivity index (χ0n) is 14.3. The molecule has 5 heteroatoms. The Hall–Kier alpha value is -1.14. The molecular weight excluding hydrogens is 306 g/mol. The second-order valence-electron chi connectivity index (χ2n) is 6.92. The van der Waals surface area contributed by atoms with Gasteiger partial charge in [0.15, 0.2) is 0 Å². The largest absolute Gasteiger partial charge is 0.494 e. The van der Waals surface area contributed by atoms with E-state index in [9.17, 15) is 10.2 Å². The number of rotatable bonds is 6. The number of hydrogen-bond donors (Lipinski definition) is 2. The van der Waals surface area contributed by atoms with Gasteiger partial charge in [0.2, 0.25) is 0 Å². The van der Waals surface area contributed by atoms with Crippen LogP contribution in [0.5, 0.6) is 5.75 Å². The molecule has 2 saturated heterocycles. The molecule has 2 fully saturated rings. The van der Waals surface area contributed by atoms with Crippen LogP contribution in [-0.2, 0) is 4.74 Å². The van der Waals surface area contributed by atoms with Gasteiger partial charge in [0.1, 0.15) is 11.9 Å². The third kappa shape index (κ3) is 4.28. The summed E-state index contributed by atoms with van der Waals surface area (Å²) in [4.78, 5) is 2.42. The maximum Gasteiger partial charge on any atom is 0.119 e. The highest BCUT2D eigenvalue weighted by molar-refractivity contribution is 5.20. The molecule has 1 aromatic carbocycles. The summed E-state index contributed by atoms with van der Waals surface area (Å²) in [5.41, 5.74) is -0.523. The van der Waals surface area contributed by atoms with Crippen molar-refractivity contribution in [3.63, 3.8) is 0 Å². The van der Waals surface area contributed by atoms with Crippen LogP contribution in [0.2, 0.25) is 0 Å². The molecule has 3 rings (SSSR count). The summed E-state index contributed by atoms with van der Waals surface area (Å²) in [5, 5.41) is 20.2. The fourth-order valence-electron chi connectivity index (χ4n) is 3.72. The molecule has 2 heterocycles. The van der Waals surface area contributed by atoms with Gasteiger partial charge in [-0.1, -0.05) is 18.2 Å². The van der Waals surface area contributed by atoms with Gasteiger partial charge in [-0.05, 0) is 50.8 Å². The quantitative estimate of drug-likeness (QED) is 0.777. The molecule has 1 spiro atoms. The van der Waals surface area contributed by atoms with Crippen molar-refractivity contribution in [3.05, 3.63) is 30.3 Å². The number of ether oxygens (including phenoxy) is 2.